The molecule has 2 aromatic carbocycles. The van der Waals surface area contributed by atoms with Crippen LogP contribution in [-0.2, 0) is 13.0 Å². The molecule has 0 aliphatic rings. The largest absolute Gasteiger partial charge is 0.392 e. The van der Waals surface area contributed by atoms with Gasteiger partial charge in [-0.05, 0) is 61.6 Å². The van der Waals surface area contributed by atoms with Crippen LogP contribution in [0.1, 0.15) is 40.4 Å². The van der Waals surface area contributed by atoms with Crippen molar-refractivity contribution in [3.63, 3.8) is 0 Å². The third-order valence-corrected chi connectivity index (χ3v) is 4.87. The van der Waals surface area contributed by atoms with E-state index >= 15 is 0 Å². The van der Waals surface area contributed by atoms with Gasteiger partial charge in [-0.15, -0.1) is 0 Å². The van der Waals surface area contributed by atoms with Crippen molar-refractivity contribution in [3.8, 4) is 0 Å². The van der Waals surface area contributed by atoms with Crippen LogP contribution in [0.3, 0.4) is 0 Å². The molecule has 0 spiro atoms. The van der Waals surface area contributed by atoms with Crippen molar-refractivity contribution in [1.82, 2.24) is 9.97 Å². The van der Waals surface area contributed by atoms with Crippen LogP contribution >= 0.6 is 0 Å². The Labute approximate surface area is 167 Å². The molecule has 0 unspecified atom stereocenters. The fourth-order valence-corrected chi connectivity index (χ4v) is 3.07. The molecule has 28 heavy (non-hydrogen) atoms. The SMILES string of the molecule is C/C(=C\c1ncnc(NCCc2ccc(C)cc2)c1C)c1cccc(CO)c1. The Morgan fingerprint density at radius 3 is 2.57 bits per heavy atom. The van der Waals surface area contributed by atoms with Crippen molar-refractivity contribution in [2.24, 2.45) is 0 Å². The van der Waals surface area contributed by atoms with Crippen molar-refractivity contribution in [2.45, 2.75) is 33.8 Å². The van der Waals surface area contributed by atoms with Gasteiger partial charge >= 0.3 is 0 Å². The van der Waals surface area contributed by atoms with E-state index in [-0.39, 0.29) is 6.61 Å². The minimum absolute atomic E-state index is 0.0444. The van der Waals surface area contributed by atoms with E-state index in [1.807, 2.05) is 31.2 Å². The zero-order valence-corrected chi connectivity index (χ0v) is 16.7. The van der Waals surface area contributed by atoms with E-state index in [1.165, 1.54) is 11.1 Å². The Bertz CT molecular complexity index is 962. The molecule has 3 aromatic rings. The lowest BCUT2D eigenvalue weighted by Gasteiger charge is -2.11. The molecule has 0 saturated carbocycles. The molecule has 1 aromatic heterocycles. The van der Waals surface area contributed by atoms with Gasteiger partial charge < -0.3 is 10.4 Å². The van der Waals surface area contributed by atoms with E-state index < -0.39 is 0 Å². The van der Waals surface area contributed by atoms with Crippen molar-refractivity contribution < 1.29 is 5.11 Å². The van der Waals surface area contributed by atoms with Crippen LogP contribution in [0, 0.1) is 13.8 Å². The molecule has 144 valence electrons. The first-order valence-corrected chi connectivity index (χ1v) is 9.56. The lowest BCUT2D eigenvalue weighted by Crippen LogP contribution is -2.09. The first-order chi connectivity index (χ1) is 13.6. The quantitative estimate of drug-likeness (QED) is 0.624. The van der Waals surface area contributed by atoms with Crippen molar-refractivity contribution >= 4 is 17.5 Å². The summed E-state index contributed by atoms with van der Waals surface area (Å²) in [6, 6.07) is 16.5. The maximum atomic E-state index is 9.34. The number of aliphatic hydroxyl groups is 1. The molecule has 0 fully saturated rings. The Hall–Kier alpha value is -2.98. The third-order valence-electron chi connectivity index (χ3n) is 4.87. The second kappa shape index (κ2) is 9.29. The predicted molar refractivity (Wildman–Crippen MR) is 116 cm³/mol. The lowest BCUT2D eigenvalue weighted by molar-refractivity contribution is 0.282. The molecule has 0 amide bonds. The maximum absolute atomic E-state index is 9.34. The monoisotopic (exact) mass is 373 g/mol. The highest BCUT2D eigenvalue weighted by atomic mass is 16.3. The molecular formula is C24H27N3O. The summed E-state index contributed by atoms with van der Waals surface area (Å²) < 4.78 is 0. The lowest BCUT2D eigenvalue weighted by atomic mass is 10.0. The first-order valence-electron chi connectivity index (χ1n) is 9.56. The van der Waals surface area contributed by atoms with Crippen molar-refractivity contribution in [3.05, 3.63) is 88.4 Å². The van der Waals surface area contributed by atoms with Gasteiger partial charge in [0.2, 0.25) is 0 Å². The molecule has 0 saturated heterocycles. The average Bonchev–Trinajstić information content (AvgIpc) is 2.72. The summed E-state index contributed by atoms with van der Waals surface area (Å²) in [5.74, 6) is 0.866. The summed E-state index contributed by atoms with van der Waals surface area (Å²) in [7, 11) is 0. The molecule has 4 heteroatoms. The van der Waals surface area contributed by atoms with Gasteiger partial charge in [0.15, 0.2) is 0 Å². The van der Waals surface area contributed by atoms with Gasteiger partial charge in [-0.2, -0.15) is 0 Å². The number of rotatable bonds is 7. The van der Waals surface area contributed by atoms with Gasteiger partial charge in [-0.3, -0.25) is 0 Å². The molecule has 2 N–H and O–H groups in total. The Morgan fingerprint density at radius 1 is 1.04 bits per heavy atom. The summed E-state index contributed by atoms with van der Waals surface area (Å²) in [4.78, 5) is 8.85. The second-order valence-electron chi connectivity index (χ2n) is 7.08. The van der Waals surface area contributed by atoms with E-state index in [4.69, 9.17) is 0 Å². The normalized spacial score (nSPS) is 11.5. The highest BCUT2D eigenvalue weighted by Crippen LogP contribution is 2.22. The minimum Gasteiger partial charge on any atom is -0.392 e. The van der Waals surface area contributed by atoms with Crippen molar-refractivity contribution in [1.29, 1.82) is 0 Å². The van der Waals surface area contributed by atoms with E-state index in [0.717, 1.165) is 46.7 Å². The van der Waals surface area contributed by atoms with Gasteiger partial charge in [0.25, 0.3) is 0 Å². The molecular weight excluding hydrogens is 346 g/mol. The molecule has 4 nitrogen and oxygen atoms in total. The summed E-state index contributed by atoms with van der Waals surface area (Å²) in [5, 5.41) is 12.8. The van der Waals surface area contributed by atoms with Crippen LogP contribution in [0.5, 0.6) is 0 Å². The van der Waals surface area contributed by atoms with Crippen LogP contribution in [-0.4, -0.2) is 21.6 Å². The molecule has 0 radical (unpaired) electrons. The van der Waals surface area contributed by atoms with Gasteiger partial charge in [-0.1, -0.05) is 48.0 Å². The molecule has 1 heterocycles. The Kier molecular flexibility index (Phi) is 6.56. The third kappa shape index (κ3) is 5.05. The van der Waals surface area contributed by atoms with Crippen LogP contribution in [0.25, 0.3) is 11.6 Å². The molecule has 0 atom stereocenters. The number of benzene rings is 2. The van der Waals surface area contributed by atoms with E-state index in [2.05, 4.69) is 59.5 Å². The highest BCUT2D eigenvalue weighted by Gasteiger charge is 2.06. The number of aromatic nitrogens is 2. The first kappa shape index (κ1) is 19.8. The fraction of sp³-hybridized carbons (Fsp3) is 0.250. The zero-order valence-electron chi connectivity index (χ0n) is 16.7. The van der Waals surface area contributed by atoms with Crippen LogP contribution in [0.15, 0.2) is 54.9 Å². The van der Waals surface area contributed by atoms with E-state index in [0.29, 0.717) is 0 Å². The van der Waals surface area contributed by atoms with Crippen LogP contribution < -0.4 is 5.32 Å². The number of aryl methyl sites for hydroxylation is 1. The van der Waals surface area contributed by atoms with Crippen molar-refractivity contribution in [2.75, 3.05) is 11.9 Å². The van der Waals surface area contributed by atoms with Gasteiger partial charge in [0.1, 0.15) is 12.1 Å². The zero-order chi connectivity index (χ0) is 19.9. The second-order valence-corrected chi connectivity index (χ2v) is 7.08. The van der Waals surface area contributed by atoms with Gasteiger partial charge in [0.05, 0.1) is 12.3 Å². The fourth-order valence-electron chi connectivity index (χ4n) is 3.07. The Balaban J connectivity index is 1.72. The van der Waals surface area contributed by atoms with Crippen LogP contribution in [0.2, 0.25) is 0 Å². The molecule has 0 aliphatic heterocycles. The van der Waals surface area contributed by atoms with Gasteiger partial charge in [-0.25, -0.2) is 9.97 Å². The number of nitrogens with zero attached hydrogens (tertiary/aromatic N) is 2. The standard InChI is InChI=1S/C24H27N3O/c1-17-7-9-20(10-8-17)11-12-25-24-19(3)23(26-16-27-24)13-18(2)22-6-4-5-21(14-22)15-28/h4-10,13-14,16,28H,11-12,15H2,1-3H3,(H,25,26,27)/b18-13+. The number of anilines is 1. The number of hydrogen-bond acceptors (Lipinski definition) is 4. The van der Waals surface area contributed by atoms with E-state index in [1.54, 1.807) is 6.33 Å². The number of nitrogens with one attached hydrogen (secondary N) is 1. The van der Waals surface area contributed by atoms with E-state index in [9.17, 15) is 5.11 Å². The maximum Gasteiger partial charge on any atom is 0.132 e. The number of aliphatic hydroxyl groups excluding tert-OH is 1. The summed E-state index contributed by atoms with van der Waals surface area (Å²) in [6.45, 7) is 7.06. The topological polar surface area (TPSA) is 58.0 Å². The number of hydrogen-bond donors (Lipinski definition) is 2. The number of allylic oxidation sites excluding steroid dienone is 1. The summed E-state index contributed by atoms with van der Waals surface area (Å²) in [5.41, 5.74) is 7.61. The predicted octanol–water partition coefficient (Wildman–Crippen LogP) is 4.80. The summed E-state index contributed by atoms with van der Waals surface area (Å²) in [6.07, 6.45) is 4.62. The molecule has 0 aliphatic carbocycles. The summed E-state index contributed by atoms with van der Waals surface area (Å²) >= 11 is 0. The Morgan fingerprint density at radius 2 is 1.82 bits per heavy atom. The van der Waals surface area contributed by atoms with Crippen LogP contribution in [0.4, 0.5) is 5.82 Å². The molecule has 0 bridgehead atoms. The molecule has 3 rings (SSSR count). The average molecular weight is 374 g/mol. The minimum atomic E-state index is 0.0444. The smallest absolute Gasteiger partial charge is 0.132 e. The highest BCUT2D eigenvalue weighted by molar-refractivity contribution is 5.80. The van der Waals surface area contributed by atoms with Gasteiger partial charge in [0, 0.05) is 12.1 Å².